The van der Waals surface area contributed by atoms with E-state index in [0.717, 1.165) is 49.8 Å². The van der Waals surface area contributed by atoms with Crippen molar-refractivity contribution < 1.29 is 29.0 Å². The number of esters is 1. The number of aliphatic imine (C=N–C) groups is 2. The van der Waals surface area contributed by atoms with E-state index in [1.807, 2.05) is 13.8 Å². The fourth-order valence-electron chi connectivity index (χ4n) is 5.07. The first kappa shape index (κ1) is 41.3. The van der Waals surface area contributed by atoms with Gasteiger partial charge in [-0.1, -0.05) is 39.8 Å². The van der Waals surface area contributed by atoms with Crippen LogP contribution >= 0.6 is 0 Å². The van der Waals surface area contributed by atoms with Gasteiger partial charge in [0.05, 0.1) is 50.3 Å². The number of hydrogen-bond acceptors (Lipinski definition) is 11. The highest BCUT2D eigenvalue weighted by Gasteiger charge is 2.37. The molecule has 0 bridgehead atoms. The number of carbonyl (C=O) groups is 3. The Balaban J connectivity index is 1.79. The van der Waals surface area contributed by atoms with E-state index in [9.17, 15) is 19.5 Å². The Kier molecular flexibility index (Phi) is 18.5. The number of methoxy groups -OCH3 is 1. The summed E-state index contributed by atoms with van der Waals surface area (Å²) in [6.07, 6.45) is 7.21. The van der Waals surface area contributed by atoms with Crippen LogP contribution in [0.3, 0.4) is 0 Å². The van der Waals surface area contributed by atoms with Crippen molar-refractivity contribution in [2.24, 2.45) is 32.3 Å². The molecule has 0 saturated heterocycles. The van der Waals surface area contributed by atoms with E-state index in [1.165, 1.54) is 19.8 Å². The van der Waals surface area contributed by atoms with E-state index in [1.54, 1.807) is 31.4 Å². The van der Waals surface area contributed by atoms with Crippen LogP contribution in [0.5, 0.6) is 0 Å². The zero-order valence-corrected chi connectivity index (χ0v) is 30.3. The van der Waals surface area contributed by atoms with Crippen LogP contribution in [0.4, 0.5) is 5.69 Å². The van der Waals surface area contributed by atoms with Gasteiger partial charge in [-0.15, -0.1) is 0 Å². The summed E-state index contributed by atoms with van der Waals surface area (Å²) in [5.74, 6) is 5.49. The molecule has 1 saturated carbocycles. The van der Waals surface area contributed by atoms with Gasteiger partial charge in [0.2, 0.25) is 11.8 Å². The number of benzene rings is 1. The van der Waals surface area contributed by atoms with Crippen LogP contribution in [0.15, 0.2) is 39.4 Å². The normalized spacial score (nSPS) is 15.8. The van der Waals surface area contributed by atoms with E-state index in [2.05, 4.69) is 39.9 Å². The van der Waals surface area contributed by atoms with E-state index < -0.39 is 12.1 Å². The van der Waals surface area contributed by atoms with Crippen LogP contribution in [-0.4, -0.2) is 85.6 Å². The molecule has 0 radical (unpaired) electrons. The fraction of sp³-hybridized carbons (Fsp3) is 0.667. The number of hydrazone groups is 1. The molecule has 1 fully saturated rings. The molecule has 1 aliphatic carbocycles. The number of carbonyl (C=O) groups excluding carboxylic acids is 3. The summed E-state index contributed by atoms with van der Waals surface area (Å²) in [4.78, 5) is 45.6. The minimum Gasteiger partial charge on any atom is -0.484 e. The van der Waals surface area contributed by atoms with Crippen LogP contribution < -0.4 is 21.8 Å². The summed E-state index contributed by atoms with van der Waals surface area (Å²) >= 11 is 0. The highest BCUT2D eigenvalue weighted by atomic mass is 16.5. The molecular formula is C36H59N7O6. The van der Waals surface area contributed by atoms with Crippen LogP contribution in [-0.2, 0) is 30.5 Å². The minimum atomic E-state index is -0.635. The lowest BCUT2D eigenvalue weighted by Crippen LogP contribution is -2.49. The maximum Gasteiger partial charge on any atom is 0.302 e. The molecule has 2 atom stereocenters. The molecule has 0 heterocycles. The van der Waals surface area contributed by atoms with Gasteiger partial charge < -0.3 is 36.4 Å². The number of amides is 2. The number of hydrogen-bond donors (Lipinski definition) is 5. The van der Waals surface area contributed by atoms with Crippen molar-refractivity contribution in [3.8, 4) is 0 Å². The van der Waals surface area contributed by atoms with E-state index in [-0.39, 0.29) is 43.4 Å². The van der Waals surface area contributed by atoms with Crippen molar-refractivity contribution in [2.45, 2.75) is 111 Å². The van der Waals surface area contributed by atoms with Gasteiger partial charge in [-0.2, -0.15) is 5.10 Å². The van der Waals surface area contributed by atoms with Crippen molar-refractivity contribution >= 4 is 40.8 Å². The zero-order valence-electron chi connectivity index (χ0n) is 30.3. The quantitative estimate of drug-likeness (QED) is 0.0284. The van der Waals surface area contributed by atoms with Crippen LogP contribution in [0, 0.1) is 11.3 Å². The predicted molar refractivity (Wildman–Crippen MR) is 195 cm³/mol. The molecule has 13 nitrogen and oxygen atoms in total. The van der Waals surface area contributed by atoms with Crippen molar-refractivity contribution in [1.82, 2.24) is 10.6 Å². The molecule has 6 N–H and O–H groups in total. The van der Waals surface area contributed by atoms with Crippen LogP contribution in [0.25, 0.3) is 0 Å². The molecule has 13 heteroatoms. The summed E-state index contributed by atoms with van der Waals surface area (Å²) in [5, 5.41) is 23.5. The number of unbranched alkanes of at least 4 members (excludes halogenated alkanes) is 1. The molecule has 2 amide bonds. The Morgan fingerprint density at radius 1 is 1.06 bits per heavy atom. The van der Waals surface area contributed by atoms with Crippen LogP contribution in [0.2, 0.25) is 0 Å². The van der Waals surface area contributed by atoms with Gasteiger partial charge in [-0.05, 0) is 86.9 Å². The van der Waals surface area contributed by atoms with E-state index >= 15 is 0 Å². The third-order valence-corrected chi connectivity index (χ3v) is 8.54. The van der Waals surface area contributed by atoms with Crippen LogP contribution in [0.1, 0.15) is 98.0 Å². The number of ether oxygens (including phenoxy) is 2. The lowest BCUT2D eigenvalue weighted by Gasteiger charge is -2.22. The molecule has 49 heavy (non-hydrogen) atoms. The molecule has 2 unspecified atom stereocenters. The number of anilines is 1. The lowest BCUT2D eigenvalue weighted by molar-refractivity contribution is -0.142. The molecule has 1 aliphatic rings. The van der Waals surface area contributed by atoms with Crippen molar-refractivity contribution in [1.29, 1.82) is 0 Å². The number of nitrogens with two attached hydrogens (primary N) is 1. The standard InChI is InChI=1S/C36H59N7O6/c1-7-10-33(48-6)40-22-31(30(43-37)16-17-36(5)18-19-36)39-21-29(45)11-8-9-20-38-34(25(2)3)35(47)41-23-32(46)42-28-14-12-27(13-15-28)24-49-26(4)44/h12-15,25,29,34,38,45H,7-11,16-24,37H2,1-6H3,(H,41,47)(H,42,46)/b39-31?,40-33?,43-30-. The molecule has 274 valence electrons. The average Bonchev–Trinajstić information content (AvgIpc) is 3.81. The average molecular weight is 686 g/mol. The fourth-order valence-corrected chi connectivity index (χ4v) is 5.07. The summed E-state index contributed by atoms with van der Waals surface area (Å²) in [7, 11) is 1.62. The van der Waals surface area contributed by atoms with Gasteiger partial charge in [0.25, 0.3) is 0 Å². The third kappa shape index (κ3) is 16.9. The maximum atomic E-state index is 12.9. The largest absolute Gasteiger partial charge is 0.484 e. The first-order valence-electron chi connectivity index (χ1n) is 17.5. The molecular weight excluding hydrogens is 626 g/mol. The summed E-state index contributed by atoms with van der Waals surface area (Å²) in [6.45, 7) is 10.7. The Bertz CT molecular complexity index is 1270. The Hall–Kier alpha value is -3.84. The Labute approximate surface area is 292 Å². The maximum absolute atomic E-state index is 12.9. The molecule has 1 aromatic rings. The van der Waals surface area contributed by atoms with E-state index in [0.29, 0.717) is 42.2 Å². The molecule has 0 aliphatic heterocycles. The summed E-state index contributed by atoms with van der Waals surface area (Å²) < 4.78 is 10.4. The monoisotopic (exact) mass is 685 g/mol. The topological polar surface area (TPSA) is 189 Å². The van der Waals surface area contributed by atoms with E-state index in [4.69, 9.17) is 20.3 Å². The smallest absolute Gasteiger partial charge is 0.302 e. The van der Waals surface area contributed by atoms with Gasteiger partial charge in [0, 0.05) is 19.0 Å². The highest BCUT2D eigenvalue weighted by Crippen LogP contribution is 2.48. The number of rotatable bonds is 23. The number of aliphatic hydroxyl groups is 1. The Morgan fingerprint density at radius 2 is 1.78 bits per heavy atom. The SMILES string of the molecule is CCCC(=NCC(=NCC(O)CCCCNC(C(=O)NCC(=O)Nc1ccc(COC(C)=O)cc1)C(C)C)/C(CCC1(C)CC1)=N\N)OC. The molecule has 0 aromatic heterocycles. The summed E-state index contributed by atoms with van der Waals surface area (Å²) in [5.41, 5.74) is 3.14. The first-order valence-corrected chi connectivity index (χ1v) is 17.5. The van der Waals surface area contributed by atoms with Crippen molar-refractivity contribution in [3.05, 3.63) is 29.8 Å². The minimum absolute atomic E-state index is 0.00527. The second-order valence-electron chi connectivity index (χ2n) is 13.4. The molecule has 1 aromatic carbocycles. The second-order valence-corrected chi connectivity index (χ2v) is 13.4. The van der Waals surface area contributed by atoms with Gasteiger partial charge >= 0.3 is 5.97 Å². The predicted octanol–water partition coefficient (Wildman–Crippen LogP) is 4.13. The second kappa shape index (κ2) is 22.0. The van der Waals surface area contributed by atoms with Gasteiger partial charge in [-0.25, -0.2) is 4.99 Å². The van der Waals surface area contributed by atoms with Crippen molar-refractivity contribution in [2.75, 3.05) is 38.6 Å². The summed E-state index contributed by atoms with van der Waals surface area (Å²) in [6, 6.07) is 6.46. The number of nitrogens with one attached hydrogen (secondary N) is 3. The van der Waals surface area contributed by atoms with Crippen molar-refractivity contribution in [3.63, 3.8) is 0 Å². The third-order valence-electron chi connectivity index (χ3n) is 8.54. The first-order chi connectivity index (χ1) is 23.4. The van der Waals surface area contributed by atoms with Gasteiger partial charge in [-0.3, -0.25) is 19.4 Å². The van der Waals surface area contributed by atoms with Gasteiger partial charge in [0.15, 0.2) is 5.90 Å². The Morgan fingerprint density at radius 3 is 2.37 bits per heavy atom. The lowest BCUT2D eigenvalue weighted by atomic mass is 9.99. The molecule has 2 rings (SSSR count). The highest BCUT2D eigenvalue weighted by molar-refractivity contribution is 6.43. The zero-order chi connectivity index (χ0) is 36.2. The number of nitrogens with zero attached hydrogens (tertiary/aromatic N) is 3. The van der Waals surface area contributed by atoms with Gasteiger partial charge in [0.1, 0.15) is 6.61 Å². The molecule has 0 spiro atoms. The number of aliphatic hydroxyl groups excluding tert-OH is 1.